The second kappa shape index (κ2) is 6.68. The van der Waals surface area contributed by atoms with E-state index in [0.717, 1.165) is 31.9 Å². The van der Waals surface area contributed by atoms with Crippen molar-refractivity contribution < 1.29 is 18.0 Å². The Morgan fingerprint density at radius 3 is 1.96 bits per heavy atom. The minimum Gasteiger partial charge on any atom is -0.350 e. The summed E-state index contributed by atoms with van der Waals surface area (Å²) in [5.41, 5.74) is -0.688. The van der Waals surface area contributed by atoms with Crippen molar-refractivity contribution >= 4 is 21.7 Å². The van der Waals surface area contributed by atoms with E-state index in [1.807, 2.05) is 0 Å². The largest absolute Gasteiger partial charge is 0.350 e. The monoisotopic (exact) mass is 378 g/mol. The molecule has 3 rings (SSSR count). The van der Waals surface area contributed by atoms with Gasteiger partial charge in [0, 0.05) is 19.2 Å². The molecule has 0 saturated heterocycles. The molecule has 7 heteroatoms. The summed E-state index contributed by atoms with van der Waals surface area (Å²) in [7, 11) is -3.32. The van der Waals surface area contributed by atoms with E-state index < -0.39 is 15.4 Å². The standard InChI is InChI=1S/C19H26N2O4S/c1-12(22)21-19(2,15-8-10-16(11-9-15)26(3,24)25)18(23)20-17(13-4-5-13)14-6-7-14/h8-11,13-14,17H,4-7H2,1-3H3,(H,20,23)(H,21,22)/t19-/m0/s1. The lowest BCUT2D eigenvalue weighted by Crippen LogP contribution is -2.56. The first kappa shape index (κ1) is 18.9. The summed E-state index contributed by atoms with van der Waals surface area (Å²) in [5, 5.41) is 5.91. The number of hydrogen-bond donors (Lipinski definition) is 2. The lowest BCUT2D eigenvalue weighted by molar-refractivity contribution is -0.133. The van der Waals surface area contributed by atoms with E-state index >= 15 is 0 Å². The van der Waals surface area contributed by atoms with Crippen LogP contribution in [-0.4, -0.2) is 32.5 Å². The van der Waals surface area contributed by atoms with Gasteiger partial charge in [-0.15, -0.1) is 0 Å². The topological polar surface area (TPSA) is 92.3 Å². The highest BCUT2D eigenvalue weighted by molar-refractivity contribution is 7.90. The molecule has 2 saturated carbocycles. The van der Waals surface area contributed by atoms with Gasteiger partial charge in [-0.05, 0) is 62.1 Å². The summed E-state index contributed by atoms with van der Waals surface area (Å²) in [6.45, 7) is 3.03. The van der Waals surface area contributed by atoms with E-state index in [-0.39, 0.29) is 22.8 Å². The van der Waals surface area contributed by atoms with Crippen molar-refractivity contribution in [3.8, 4) is 0 Å². The Morgan fingerprint density at radius 2 is 1.58 bits per heavy atom. The number of sulfone groups is 1. The van der Waals surface area contributed by atoms with Gasteiger partial charge in [0.25, 0.3) is 0 Å². The average molecular weight is 378 g/mol. The minimum absolute atomic E-state index is 0.172. The molecule has 2 aliphatic carbocycles. The zero-order chi connectivity index (χ0) is 19.1. The molecule has 1 aromatic rings. The molecule has 2 amide bonds. The van der Waals surface area contributed by atoms with Gasteiger partial charge in [-0.1, -0.05) is 12.1 Å². The summed E-state index contributed by atoms with van der Waals surface area (Å²) in [5.74, 6) is 0.522. The van der Waals surface area contributed by atoms with Gasteiger partial charge in [0.1, 0.15) is 5.54 Å². The SMILES string of the molecule is CC(=O)N[C@](C)(C(=O)NC(C1CC1)C1CC1)c1ccc(S(C)(=O)=O)cc1. The van der Waals surface area contributed by atoms with Gasteiger partial charge < -0.3 is 10.6 Å². The first-order valence-electron chi connectivity index (χ1n) is 9.01. The van der Waals surface area contributed by atoms with Crippen LogP contribution in [-0.2, 0) is 25.0 Å². The maximum atomic E-state index is 13.1. The molecule has 0 radical (unpaired) electrons. The van der Waals surface area contributed by atoms with Crippen LogP contribution in [0.3, 0.4) is 0 Å². The Hall–Kier alpha value is -1.89. The fraction of sp³-hybridized carbons (Fsp3) is 0.579. The highest BCUT2D eigenvalue weighted by Crippen LogP contribution is 2.44. The summed E-state index contributed by atoms with van der Waals surface area (Å²) in [6, 6.07) is 6.30. The Morgan fingerprint density at radius 1 is 1.08 bits per heavy atom. The summed E-state index contributed by atoms with van der Waals surface area (Å²) >= 11 is 0. The van der Waals surface area contributed by atoms with E-state index in [0.29, 0.717) is 17.4 Å². The summed E-state index contributed by atoms with van der Waals surface area (Å²) < 4.78 is 23.3. The van der Waals surface area contributed by atoms with Crippen molar-refractivity contribution in [2.24, 2.45) is 11.8 Å². The molecule has 0 heterocycles. The van der Waals surface area contributed by atoms with Crippen molar-refractivity contribution in [1.29, 1.82) is 0 Å². The van der Waals surface area contributed by atoms with Gasteiger partial charge in [-0.3, -0.25) is 9.59 Å². The maximum Gasteiger partial charge on any atom is 0.250 e. The third-order valence-electron chi connectivity index (χ3n) is 5.30. The molecule has 142 valence electrons. The number of carbonyl (C=O) groups excluding carboxylic acids is 2. The van der Waals surface area contributed by atoms with E-state index in [4.69, 9.17) is 0 Å². The van der Waals surface area contributed by atoms with Crippen LogP contribution in [0.4, 0.5) is 0 Å². The van der Waals surface area contributed by atoms with Crippen molar-refractivity contribution in [3.63, 3.8) is 0 Å². The molecular formula is C19H26N2O4S. The molecule has 26 heavy (non-hydrogen) atoms. The van der Waals surface area contributed by atoms with Crippen LogP contribution in [0.5, 0.6) is 0 Å². The fourth-order valence-corrected chi connectivity index (χ4v) is 4.11. The predicted octanol–water partition coefficient (Wildman–Crippen LogP) is 1.75. The lowest BCUT2D eigenvalue weighted by atomic mass is 9.90. The lowest BCUT2D eigenvalue weighted by Gasteiger charge is -2.32. The molecule has 1 aromatic carbocycles. The average Bonchev–Trinajstić information content (AvgIpc) is 3.44. The quantitative estimate of drug-likeness (QED) is 0.756. The molecule has 0 aliphatic heterocycles. The van der Waals surface area contributed by atoms with Gasteiger partial charge in [0.2, 0.25) is 11.8 Å². The first-order valence-corrected chi connectivity index (χ1v) is 10.9. The number of rotatable bonds is 7. The van der Waals surface area contributed by atoms with E-state index in [9.17, 15) is 18.0 Å². The van der Waals surface area contributed by atoms with Gasteiger partial charge in [0.15, 0.2) is 9.84 Å². The molecule has 6 nitrogen and oxygen atoms in total. The van der Waals surface area contributed by atoms with Crippen molar-refractivity contribution in [1.82, 2.24) is 10.6 Å². The van der Waals surface area contributed by atoms with Crippen molar-refractivity contribution in [2.75, 3.05) is 6.26 Å². The van der Waals surface area contributed by atoms with Crippen LogP contribution in [0.2, 0.25) is 0 Å². The molecule has 0 aromatic heterocycles. The third-order valence-corrected chi connectivity index (χ3v) is 6.43. The van der Waals surface area contributed by atoms with Crippen molar-refractivity contribution in [3.05, 3.63) is 29.8 Å². The number of hydrogen-bond acceptors (Lipinski definition) is 4. The number of carbonyl (C=O) groups is 2. The van der Waals surface area contributed by atoms with E-state index in [2.05, 4.69) is 10.6 Å². The zero-order valence-corrected chi connectivity index (χ0v) is 16.2. The molecule has 2 N–H and O–H groups in total. The predicted molar refractivity (Wildman–Crippen MR) is 98.1 cm³/mol. The van der Waals surface area contributed by atoms with Crippen LogP contribution >= 0.6 is 0 Å². The van der Waals surface area contributed by atoms with E-state index in [1.165, 1.54) is 19.1 Å². The fourth-order valence-electron chi connectivity index (χ4n) is 3.47. The highest BCUT2D eigenvalue weighted by atomic mass is 32.2. The Balaban J connectivity index is 1.87. The van der Waals surface area contributed by atoms with Crippen LogP contribution in [0.25, 0.3) is 0 Å². The second-order valence-corrected chi connectivity index (χ2v) is 9.79. The molecular weight excluding hydrogens is 352 g/mol. The van der Waals surface area contributed by atoms with Gasteiger partial charge in [-0.2, -0.15) is 0 Å². The summed E-state index contributed by atoms with van der Waals surface area (Å²) in [6.07, 6.45) is 5.70. The van der Waals surface area contributed by atoms with Crippen LogP contribution in [0.1, 0.15) is 45.1 Å². The molecule has 0 unspecified atom stereocenters. The normalized spacial score (nSPS) is 19.7. The van der Waals surface area contributed by atoms with Crippen LogP contribution in [0.15, 0.2) is 29.2 Å². The van der Waals surface area contributed by atoms with Gasteiger partial charge in [0.05, 0.1) is 4.90 Å². The second-order valence-electron chi connectivity index (χ2n) is 7.78. The Bertz CT molecular complexity index is 798. The Kier molecular flexibility index (Phi) is 4.86. The summed E-state index contributed by atoms with van der Waals surface area (Å²) in [4.78, 5) is 25.0. The third kappa shape index (κ3) is 4.09. The van der Waals surface area contributed by atoms with Crippen LogP contribution < -0.4 is 10.6 Å². The number of benzene rings is 1. The first-order chi connectivity index (χ1) is 12.1. The zero-order valence-electron chi connectivity index (χ0n) is 15.4. The molecule has 0 bridgehead atoms. The molecule has 0 spiro atoms. The molecule has 1 atom stereocenters. The molecule has 2 fully saturated rings. The maximum absolute atomic E-state index is 13.1. The highest BCUT2D eigenvalue weighted by Gasteiger charge is 2.45. The number of amides is 2. The number of nitrogens with one attached hydrogen (secondary N) is 2. The van der Waals surface area contributed by atoms with Gasteiger partial charge in [-0.25, -0.2) is 8.42 Å². The molecule has 2 aliphatic rings. The van der Waals surface area contributed by atoms with Gasteiger partial charge >= 0.3 is 0 Å². The smallest absolute Gasteiger partial charge is 0.250 e. The van der Waals surface area contributed by atoms with E-state index in [1.54, 1.807) is 19.1 Å². The minimum atomic E-state index is -3.32. The van der Waals surface area contributed by atoms with Crippen molar-refractivity contribution in [2.45, 2.75) is 56.0 Å². The van der Waals surface area contributed by atoms with Crippen LogP contribution in [0, 0.1) is 11.8 Å². The Labute approximate surface area is 154 Å².